The van der Waals surface area contributed by atoms with Gasteiger partial charge in [-0.15, -0.1) is 0 Å². The molecular formula is C9H16O4. The summed E-state index contributed by atoms with van der Waals surface area (Å²) in [6.07, 6.45) is 0.0900. The van der Waals surface area contributed by atoms with Crippen molar-refractivity contribution < 1.29 is 20.1 Å². The van der Waals surface area contributed by atoms with Crippen molar-refractivity contribution in [1.82, 2.24) is 0 Å². The lowest BCUT2D eigenvalue weighted by atomic mass is 9.89. The molecule has 1 aliphatic rings. The van der Waals surface area contributed by atoms with Gasteiger partial charge in [0.05, 0.1) is 6.10 Å². The van der Waals surface area contributed by atoms with E-state index in [2.05, 4.69) is 0 Å². The van der Waals surface area contributed by atoms with Gasteiger partial charge in [-0.3, -0.25) is 4.79 Å². The molecule has 3 N–H and O–H groups in total. The summed E-state index contributed by atoms with van der Waals surface area (Å²) >= 11 is 0. The first-order valence-corrected chi connectivity index (χ1v) is 4.57. The second kappa shape index (κ2) is 4.07. The minimum atomic E-state index is -0.857. The number of carboxylic acid groups (broad SMARTS) is 1. The Hall–Kier alpha value is -0.610. The van der Waals surface area contributed by atoms with Crippen LogP contribution in [0, 0.1) is 17.8 Å². The van der Waals surface area contributed by atoms with Gasteiger partial charge < -0.3 is 15.3 Å². The smallest absolute Gasteiger partial charge is 0.303 e. The van der Waals surface area contributed by atoms with E-state index in [9.17, 15) is 9.90 Å². The first-order valence-electron chi connectivity index (χ1n) is 4.57. The van der Waals surface area contributed by atoms with Gasteiger partial charge in [0.1, 0.15) is 0 Å². The van der Waals surface area contributed by atoms with Crippen LogP contribution in [-0.2, 0) is 4.79 Å². The normalized spacial score (nSPS) is 39.3. The second-order valence-electron chi connectivity index (χ2n) is 3.87. The second-order valence-corrected chi connectivity index (χ2v) is 3.87. The molecule has 0 amide bonds. The zero-order chi connectivity index (χ0) is 10.0. The molecule has 0 saturated heterocycles. The molecule has 1 rings (SSSR count). The third kappa shape index (κ3) is 2.19. The number of aliphatic hydroxyl groups excluding tert-OH is 2. The molecule has 4 heteroatoms. The lowest BCUT2D eigenvalue weighted by molar-refractivity contribution is -0.138. The lowest BCUT2D eigenvalue weighted by Gasteiger charge is -2.18. The quantitative estimate of drug-likeness (QED) is 0.586. The van der Waals surface area contributed by atoms with Gasteiger partial charge in [-0.25, -0.2) is 0 Å². The van der Waals surface area contributed by atoms with E-state index in [1.54, 1.807) is 0 Å². The van der Waals surface area contributed by atoms with Crippen LogP contribution in [0.3, 0.4) is 0 Å². The molecule has 0 aromatic rings. The predicted octanol–water partition coefficient (Wildman–Crippen LogP) is 0.0865. The van der Waals surface area contributed by atoms with E-state index in [1.165, 1.54) is 0 Å². The van der Waals surface area contributed by atoms with Crippen molar-refractivity contribution in [1.29, 1.82) is 0 Å². The highest BCUT2D eigenvalue weighted by molar-refractivity contribution is 5.67. The van der Waals surface area contributed by atoms with E-state index >= 15 is 0 Å². The van der Waals surface area contributed by atoms with E-state index in [4.69, 9.17) is 10.2 Å². The van der Waals surface area contributed by atoms with Crippen molar-refractivity contribution in [3.8, 4) is 0 Å². The van der Waals surface area contributed by atoms with Crippen LogP contribution in [0.5, 0.6) is 0 Å². The summed E-state index contributed by atoms with van der Waals surface area (Å²) in [5, 5.41) is 27.1. The fraction of sp³-hybridized carbons (Fsp3) is 0.889. The predicted molar refractivity (Wildman–Crippen MR) is 46.1 cm³/mol. The van der Waals surface area contributed by atoms with Crippen LogP contribution in [0.25, 0.3) is 0 Å². The van der Waals surface area contributed by atoms with E-state index in [0.717, 1.165) is 0 Å². The number of aliphatic hydroxyl groups is 2. The average Bonchev–Trinajstić information content (AvgIpc) is 2.27. The Labute approximate surface area is 77.2 Å². The van der Waals surface area contributed by atoms with Gasteiger partial charge >= 0.3 is 5.97 Å². The summed E-state index contributed by atoms with van der Waals surface area (Å²) < 4.78 is 0. The standard InChI is InChI=1S/C9H16O4/c1-5-7(4-10)6(2-8(5)11)3-9(12)13/h5-8,10-11H,2-4H2,1H3,(H,12,13)/t5-,6+,7-,8+/m1/s1. The summed E-state index contributed by atoms with van der Waals surface area (Å²) in [7, 11) is 0. The summed E-state index contributed by atoms with van der Waals surface area (Å²) in [6, 6.07) is 0. The van der Waals surface area contributed by atoms with Gasteiger partial charge in [0.2, 0.25) is 0 Å². The Balaban J connectivity index is 2.59. The van der Waals surface area contributed by atoms with Crippen LogP contribution >= 0.6 is 0 Å². The fourth-order valence-electron chi connectivity index (χ4n) is 2.19. The Bertz CT molecular complexity index is 192. The lowest BCUT2D eigenvalue weighted by Crippen LogP contribution is -2.21. The van der Waals surface area contributed by atoms with Crippen molar-refractivity contribution in [2.24, 2.45) is 17.8 Å². The average molecular weight is 188 g/mol. The summed E-state index contributed by atoms with van der Waals surface area (Å²) in [5.41, 5.74) is 0. The van der Waals surface area contributed by atoms with Crippen LogP contribution in [0.2, 0.25) is 0 Å². The van der Waals surface area contributed by atoms with Crippen LogP contribution < -0.4 is 0 Å². The van der Waals surface area contributed by atoms with Crippen molar-refractivity contribution in [2.45, 2.75) is 25.9 Å². The fourth-order valence-corrected chi connectivity index (χ4v) is 2.19. The van der Waals surface area contributed by atoms with E-state index in [-0.39, 0.29) is 30.8 Å². The molecule has 0 aromatic heterocycles. The van der Waals surface area contributed by atoms with Crippen molar-refractivity contribution >= 4 is 5.97 Å². The number of carboxylic acids is 1. The molecule has 0 spiro atoms. The maximum atomic E-state index is 10.5. The Morgan fingerprint density at radius 2 is 2.15 bits per heavy atom. The van der Waals surface area contributed by atoms with Crippen LogP contribution in [-0.4, -0.2) is 34.0 Å². The van der Waals surface area contributed by atoms with Crippen molar-refractivity contribution in [2.75, 3.05) is 6.61 Å². The molecule has 0 unspecified atom stereocenters. The van der Waals surface area contributed by atoms with Crippen molar-refractivity contribution in [3.63, 3.8) is 0 Å². The zero-order valence-electron chi connectivity index (χ0n) is 7.68. The van der Waals surface area contributed by atoms with E-state index < -0.39 is 12.1 Å². The van der Waals surface area contributed by atoms with Gasteiger partial charge in [0, 0.05) is 13.0 Å². The molecule has 0 radical (unpaired) electrons. The van der Waals surface area contributed by atoms with Gasteiger partial charge in [-0.05, 0) is 24.2 Å². The van der Waals surface area contributed by atoms with Gasteiger partial charge in [-0.2, -0.15) is 0 Å². The zero-order valence-corrected chi connectivity index (χ0v) is 7.68. The number of aliphatic carboxylic acids is 1. The summed E-state index contributed by atoms with van der Waals surface area (Å²) in [5.74, 6) is -0.988. The molecule has 4 nitrogen and oxygen atoms in total. The van der Waals surface area contributed by atoms with Gasteiger partial charge in [0.15, 0.2) is 0 Å². The third-order valence-corrected chi connectivity index (χ3v) is 3.08. The first-order chi connectivity index (χ1) is 6.06. The molecular weight excluding hydrogens is 172 g/mol. The minimum absolute atomic E-state index is 0.00866. The summed E-state index contributed by atoms with van der Waals surface area (Å²) in [4.78, 5) is 10.5. The molecule has 0 aliphatic heterocycles. The van der Waals surface area contributed by atoms with Gasteiger partial charge in [-0.1, -0.05) is 6.92 Å². The molecule has 1 fully saturated rings. The molecule has 13 heavy (non-hydrogen) atoms. The van der Waals surface area contributed by atoms with E-state index in [1.807, 2.05) is 6.92 Å². The molecule has 0 aromatic carbocycles. The summed E-state index contributed by atoms with van der Waals surface area (Å²) in [6.45, 7) is 1.82. The first kappa shape index (κ1) is 10.5. The highest BCUT2D eigenvalue weighted by atomic mass is 16.4. The number of hydrogen-bond acceptors (Lipinski definition) is 3. The minimum Gasteiger partial charge on any atom is -0.481 e. The number of rotatable bonds is 3. The third-order valence-electron chi connectivity index (χ3n) is 3.08. The Kier molecular flexibility index (Phi) is 3.27. The van der Waals surface area contributed by atoms with Crippen LogP contribution in [0.15, 0.2) is 0 Å². The maximum Gasteiger partial charge on any atom is 0.303 e. The molecule has 0 heterocycles. The monoisotopic (exact) mass is 188 g/mol. The molecule has 0 bridgehead atoms. The van der Waals surface area contributed by atoms with Crippen LogP contribution in [0.1, 0.15) is 19.8 Å². The van der Waals surface area contributed by atoms with Crippen molar-refractivity contribution in [3.05, 3.63) is 0 Å². The van der Waals surface area contributed by atoms with E-state index in [0.29, 0.717) is 6.42 Å². The van der Waals surface area contributed by atoms with Crippen LogP contribution in [0.4, 0.5) is 0 Å². The highest BCUT2D eigenvalue weighted by Gasteiger charge is 2.39. The Morgan fingerprint density at radius 1 is 1.54 bits per heavy atom. The number of carbonyl (C=O) groups is 1. The molecule has 76 valence electrons. The Morgan fingerprint density at radius 3 is 2.62 bits per heavy atom. The molecule has 1 aliphatic carbocycles. The highest BCUT2D eigenvalue weighted by Crippen LogP contribution is 2.38. The molecule has 1 saturated carbocycles. The topological polar surface area (TPSA) is 77.8 Å². The number of hydrogen-bond donors (Lipinski definition) is 3. The SMILES string of the molecule is C[C@@H]1[C@@H](CO)[C@H](CC(=O)O)C[C@@H]1O. The molecule has 4 atom stereocenters. The largest absolute Gasteiger partial charge is 0.481 e. The maximum absolute atomic E-state index is 10.5. The van der Waals surface area contributed by atoms with Gasteiger partial charge in [0.25, 0.3) is 0 Å².